The summed E-state index contributed by atoms with van der Waals surface area (Å²) in [4.78, 5) is 6.73. The van der Waals surface area contributed by atoms with Gasteiger partial charge in [-0.15, -0.1) is 0 Å². The zero-order chi connectivity index (χ0) is 13.9. The molecule has 6 heteroatoms. The average molecular weight is 268 g/mol. The van der Waals surface area contributed by atoms with Gasteiger partial charge < -0.3 is 15.0 Å². The second-order valence-electron chi connectivity index (χ2n) is 5.71. The SMILES string of the molecule is CCC(C)(C)c1nc(C(N)CN2CCOCC2)no1. The Hall–Kier alpha value is -0.980. The predicted molar refractivity (Wildman–Crippen MR) is 71.8 cm³/mol. The van der Waals surface area contributed by atoms with Gasteiger partial charge in [-0.25, -0.2) is 0 Å². The number of nitrogens with two attached hydrogens (primary N) is 1. The summed E-state index contributed by atoms with van der Waals surface area (Å²) in [5.74, 6) is 1.27. The third-order valence-corrected chi connectivity index (χ3v) is 3.79. The van der Waals surface area contributed by atoms with E-state index in [0.717, 1.165) is 39.3 Å². The number of hydrogen-bond donors (Lipinski definition) is 1. The number of aromatic nitrogens is 2. The molecule has 1 aromatic rings. The molecule has 1 atom stereocenters. The minimum Gasteiger partial charge on any atom is -0.379 e. The van der Waals surface area contributed by atoms with Crippen molar-refractivity contribution >= 4 is 0 Å². The van der Waals surface area contributed by atoms with E-state index in [4.69, 9.17) is 15.0 Å². The number of rotatable bonds is 5. The quantitative estimate of drug-likeness (QED) is 0.861. The van der Waals surface area contributed by atoms with Gasteiger partial charge in [-0.2, -0.15) is 4.98 Å². The molecule has 19 heavy (non-hydrogen) atoms. The first-order chi connectivity index (χ1) is 9.03. The van der Waals surface area contributed by atoms with E-state index in [2.05, 4.69) is 35.8 Å². The highest BCUT2D eigenvalue weighted by molar-refractivity contribution is 5.02. The van der Waals surface area contributed by atoms with Crippen LogP contribution in [0.1, 0.15) is 44.9 Å². The van der Waals surface area contributed by atoms with E-state index >= 15 is 0 Å². The van der Waals surface area contributed by atoms with E-state index < -0.39 is 0 Å². The molecule has 0 bridgehead atoms. The van der Waals surface area contributed by atoms with Gasteiger partial charge in [-0.05, 0) is 6.42 Å². The molecule has 0 aliphatic carbocycles. The highest BCUT2D eigenvalue weighted by atomic mass is 16.5. The van der Waals surface area contributed by atoms with Crippen molar-refractivity contribution in [2.75, 3.05) is 32.8 Å². The van der Waals surface area contributed by atoms with Crippen LogP contribution in [0.15, 0.2) is 4.52 Å². The van der Waals surface area contributed by atoms with Crippen molar-refractivity contribution in [1.82, 2.24) is 15.0 Å². The maximum Gasteiger partial charge on any atom is 0.232 e. The topological polar surface area (TPSA) is 77.4 Å². The Morgan fingerprint density at radius 2 is 2.05 bits per heavy atom. The van der Waals surface area contributed by atoms with Crippen molar-refractivity contribution in [3.63, 3.8) is 0 Å². The summed E-state index contributed by atoms with van der Waals surface area (Å²) in [5, 5.41) is 4.03. The molecule has 108 valence electrons. The van der Waals surface area contributed by atoms with Crippen molar-refractivity contribution in [2.45, 2.75) is 38.6 Å². The molecule has 1 fully saturated rings. The molecule has 0 saturated carbocycles. The Kier molecular flexibility index (Phi) is 4.54. The van der Waals surface area contributed by atoms with Gasteiger partial charge in [0, 0.05) is 25.0 Å². The molecule has 0 radical (unpaired) electrons. The van der Waals surface area contributed by atoms with Gasteiger partial charge in [0.25, 0.3) is 0 Å². The number of ether oxygens (including phenoxy) is 1. The lowest BCUT2D eigenvalue weighted by Gasteiger charge is -2.27. The van der Waals surface area contributed by atoms with Crippen LogP contribution >= 0.6 is 0 Å². The Morgan fingerprint density at radius 1 is 1.37 bits per heavy atom. The highest BCUT2D eigenvalue weighted by Gasteiger charge is 2.27. The van der Waals surface area contributed by atoms with Crippen molar-refractivity contribution in [2.24, 2.45) is 5.73 Å². The zero-order valence-corrected chi connectivity index (χ0v) is 12.1. The molecular weight excluding hydrogens is 244 g/mol. The fourth-order valence-corrected chi connectivity index (χ4v) is 1.96. The van der Waals surface area contributed by atoms with Crippen LogP contribution in [0.25, 0.3) is 0 Å². The predicted octanol–water partition coefficient (Wildman–Crippen LogP) is 1.09. The van der Waals surface area contributed by atoms with Gasteiger partial charge in [-0.1, -0.05) is 25.9 Å². The van der Waals surface area contributed by atoms with Gasteiger partial charge in [0.05, 0.1) is 19.3 Å². The molecule has 0 spiro atoms. The smallest absolute Gasteiger partial charge is 0.232 e. The van der Waals surface area contributed by atoms with Crippen LogP contribution in [0.4, 0.5) is 0 Å². The molecule has 1 aliphatic rings. The standard InChI is InChI=1S/C13H24N4O2/c1-4-13(2,3)12-15-11(16-19-12)10(14)9-17-5-7-18-8-6-17/h10H,4-9,14H2,1-3H3. The minimum atomic E-state index is -0.205. The fraction of sp³-hybridized carbons (Fsp3) is 0.846. The monoisotopic (exact) mass is 268 g/mol. The lowest BCUT2D eigenvalue weighted by molar-refractivity contribution is 0.0348. The molecule has 1 aliphatic heterocycles. The van der Waals surface area contributed by atoms with Crippen molar-refractivity contribution in [3.8, 4) is 0 Å². The molecule has 1 unspecified atom stereocenters. The molecule has 2 rings (SSSR count). The van der Waals surface area contributed by atoms with Crippen LogP contribution in [0.5, 0.6) is 0 Å². The van der Waals surface area contributed by atoms with Crippen LogP contribution in [-0.4, -0.2) is 47.9 Å². The van der Waals surface area contributed by atoms with Crippen molar-refractivity contribution in [1.29, 1.82) is 0 Å². The van der Waals surface area contributed by atoms with Crippen LogP contribution in [0.2, 0.25) is 0 Å². The Morgan fingerprint density at radius 3 is 2.68 bits per heavy atom. The van der Waals surface area contributed by atoms with Crippen molar-refractivity contribution < 1.29 is 9.26 Å². The first-order valence-electron chi connectivity index (χ1n) is 6.92. The Labute approximate surface area is 114 Å². The van der Waals surface area contributed by atoms with E-state index in [1.165, 1.54) is 0 Å². The fourth-order valence-electron chi connectivity index (χ4n) is 1.96. The first kappa shape index (κ1) is 14.4. The van der Waals surface area contributed by atoms with Gasteiger partial charge in [-0.3, -0.25) is 4.90 Å². The summed E-state index contributed by atoms with van der Waals surface area (Å²) in [6.45, 7) is 10.4. The maximum atomic E-state index is 6.16. The van der Waals surface area contributed by atoms with Gasteiger partial charge >= 0.3 is 0 Å². The zero-order valence-electron chi connectivity index (χ0n) is 12.1. The van der Waals surface area contributed by atoms with E-state index in [0.29, 0.717) is 11.7 Å². The molecule has 0 amide bonds. The second kappa shape index (κ2) is 5.98. The van der Waals surface area contributed by atoms with E-state index in [9.17, 15) is 0 Å². The van der Waals surface area contributed by atoms with Gasteiger partial charge in [0.2, 0.25) is 5.89 Å². The van der Waals surface area contributed by atoms with Crippen LogP contribution in [-0.2, 0) is 10.2 Å². The maximum absolute atomic E-state index is 6.16. The Balaban J connectivity index is 1.97. The molecule has 6 nitrogen and oxygen atoms in total. The summed E-state index contributed by atoms with van der Waals surface area (Å²) >= 11 is 0. The van der Waals surface area contributed by atoms with E-state index in [-0.39, 0.29) is 11.5 Å². The van der Waals surface area contributed by atoms with Crippen LogP contribution < -0.4 is 5.73 Å². The van der Waals surface area contributed by atoms with Crippen LogP contribution in [0.3, 0.4) is 0 Å². The van der Waals surface area contributed by atoms with Crippen LogP contribution in [0, 0.1) is 0 Å². The minimum absolute atomic E-state index is 0.0933. The lowest BCUT2D eigenvalue weighted by Crippen LogP contribution is -2.40. The largest absolute Gasteiger partial charge is 0.379 e. The molecular formula is C13H24N4O2. The molecule has 1 saturated heterocycles. The summed E-state index contributed by atoms with van der Waals surface area (Å²) in [5.41, 5.74) is 6.06. The van der Waals surface area contributed by atoms with Gasteiger partial charge in [0.15, 0.2) is 5.82 Å². The van der Waals surface area contributed by atoms with Crippen molar-refractivity contribution in [3.05, 3.63) is 11.7 Å². The normalized spacial score (nSPS) is 19.6. The first-order valence-corrected chi connectivity index (χ1v) is 6.92. The summed E-state index contributed by atoms with van der Waals surface area (Å²) in [7, 11) is 0. The van der Waals surface area contributed by atoms with E-state index in [1.54, 1.807) is 0 Å². The Bertz CT molecular complexity index is 399. The number of morpholine rings is 1. The molecule has 2 N–H and O–H groups in total. The summed E-state index contributed by atoms with van der Waals surface area (Å²) < 4.78 is 10.7. The highest BCUT2D eigenvalue weighted by Crippen LogP contribution is 2.25. The van der Waals surface area contributed by atoms with E-state index in [1.807, 2.05) is 0 Å². The molecule has 2 heterocycles. The average Bonchev–Trinajstić information content (AvgIpc) is 2.90. The third-order valence-electron chi connectivity index (χ3n) is 3.79. The second-order valence-corrected chi connectivity index (χ2v) is 5.71. The number of hydrogen-bond acceptors (Lipinski definition) is 6. The molecule has 0 aromatic carbocycles. The third kappa shape index (κ3) is 3.52. The number of nitrogens with zero attached hydrogens (tertiary/aromatic N) is 3. The lowest BCUT2D eigenvalue weighted by atomic mass is 9.90. The summed E-state index contributed by atoms with van der Waals surface area (Å²) in [6.07, 6.45) is 0.952. The molecule has 1 aromatic heterocycles. The van der Waals surface area contributed by atoms with Gasteiger partial charge in [0.1, 0.15) is 0 Å². The summed E-state index contributed by atoms with van der Waals surface area (Å²) in [6, 6.07) is -0.205.